The van der Waals surface area contributed by atoms with Crippen LogP contribution in [0.25, 0.3) is 0 Å². The van der Waals surface area contributed by atoms with Crippen molar-refractivity contribution in [3.8, 4) is 0 Å². The number of furan rings is 1. The molecule has 2 aromatic rings. The van der Waals surface area contributed by atoms with E-state index in [0.29, 0.717) is 17.7 Å². The topological polar surface area (TPSA) is 79.6 Å². The molecule has 0 saturated carbocycles. The Labute approximate surface area is 152 Å². The molecular weight excluding hydrogens is 332 g/mol. The van der Waals surface area contributed by atoms with Crippen LogP contribution in [0.15, 0.2) is 41.0 Å². The minimum Gasteiger partial charge on any atom is -0.466 e. The smallest absolute Gasteiger partial charge is 0.325 e. The van der Waals surface area contributed by atoms with E-state index in [0.717, 1.165) is 22.4 Å². The number of amides is 3. The van der Waals surface area contributed by atoms with Crippen molar-refractivity contribution < 1.29 is 18.8 Å². The maximum Gasteiger partial charge on any atom is 0.325 e. The number of nitrogens with zero attached hydrogens (tertiary/aromatic N) is 1. The lowest BCUT2D eigenvalue weighted by Crippen LogP contribution is -2.41. The summed E-state index contributed by atoms with van der Waals surface area (Å²) in [7, 11) is 0. The Morgan fingerprint density at radius 2 is 1.96 bits per heavy atom. The van der Waals surface area contributed by atoms with Crippen LogP contribution < -0.4 is 5.32 Å². The van der Waals surface area contributed by atoms with E-state index in [-0.39, 0.29) is 12.3 Å². The van der Waals surface area contributed by atoms with Gasteiger partial charge in [-0.05, 0) is 49.1 Å². The monoisotopic (exact) mass is 354 g/mol. The van der Waals surface area contributed by atoms with Crippen LogP contribution in [0.1, 0.15) is 48.0 Å². The molecule has 0 aliphatic carbocycles. The Morgan fingerprint density at radius 3 is 2.58 bits per heavy atom. The van der Waals surface area contributed by atoms with Crippen LogP contribution in [0.5, 0.6) is 0 Å². The van der Waals surface area contributed by atoms with E-state index in [4.69, 9.17) is 4.42 Å². The second-order valence-electron chi connectivity index (χ2n) is 6.55. The molecule has 0 bridgehead atoms. The van der Waals surface area contributed by atoms with Crippen LogP contribution in [0.2, 0.25) is 0 Å². The third-order valence-corrected chi connectivity index (χ3v) is 4.85. The lowest BCUT2D eigenvalue weighted by molar-refractivity contribution is -0.131. The highest BCUT2D eigenvalue weighted by Gasteiger charge is 2.51. The molecule has 0 radical (unpaired) electrons. The fourth-order valence-electron chi connectivity index (χ4n) is 3.21. The van der Waals surface area contributed by atoms with Gasteiger partial charge in [-0.25, -0.2) is 4.79 Å². The predicted octanol–water partition coefficient (Wildman–Crippen LogP) is 3.05. The first-order valence-corrected chi connectivity index (χ1v) is 8.73. The van der Waals surface area contributed by atoms with Crippen molar-refractivity contribution in [1.29, 1.82) is 0 Å². The number of carbonyl (C=O) groups is 3. The lowest BCUT2D eigenvalue weighted by Gasteiger charge is -2.19. The zero-order valence-electron chi connectivity index (χ0n) is 15.2. The van der Waals surface area contributed by atoms with Gasteiger partial charge in [0.2, 0.25) is 0 Å². The molecule has 136 valence electrons. The highest BCUT2D eigenvalue weighted by molar-refractivity contribution is 6.11. The first-order chi connectivity index (χ1) is 12.4. The molecule has 1 atom stereocenters. The second kappa shape index (κ2) is 6.78. The van der Waals surface area contributed by atoms with Gasteiger partial charge in [0.15, 0.2) is 11.3 Å². The van der Waals surface area contributed by atoms with Crippen molar-refractivity contribution in [2.75, 3.05) is 6.54 Å². The summed E-state index contributed by atoms with van der Waals surface area (Å²) in [5, 5.41) is 2.63. The number of hydrogen-bond donors (Lipinski definition) is 1. The Balaban J connectivity index is 1.86. The molecule has 1 N–H and O–H groups in total. The minimum atomic E-state index is -1.29. The van der Waals surface area contributed by atoms with Gasteiger partial charge in [-0.1, -0.05) is 26.0 Å². The normalized spacial score (nSPS) is 19.7. The molecule has 1 saturated heterocycles. The first kappa shape index (κ1) is 17.9. The second-order valence-corrected chi connectivity index (χ2v) is 6.55. The highest BCUT2D eigenvalue weighted by atomic mass is 16.3. The van der Waals surface area contributed by atoms with Crippen molar-refractivity contribution in [2.45, 2.75) is 39.2 Å². The molecule has 1 unspecified atom stereocenters. The maximum atomic E-state index is 12.8. The standard InChI is InChI=1S/C20H22N2O4/c1-4-13-8-9-14(5-2)15(11-13)16(23)12-22-18(24)20(3,21-19(22)25)17-7-6-10-26-17/h6-11H,4-5,12H2,1-3H3,(H,21,25). The van der Waals surface area contributed by atoms with Crippen molar-refractivity contribution in [3.63, 3.8) is 0 Å². The van der Waals surface area contributed by atoms with E-state index in [2.05, 4.69) is 5.32 Å². The number of benzene rings is 1. The van der Waals surface area contributed by atoms with Crippen molar-refractivity contribution in [1.82, 2.24) is 10.2 Å². The van der Waals surface area contributed by atoms with Crippen LogP contribution in [-0.2, 0) is 23.2 Å². The molecule has 2 heterocycles. The fourth-order valence-corrected chi connectivity index (χ4v) is 3.21. The molecule has 3 rings (SSSR count). The van der Waals surface area contributed by atoms with Crippen molar-refractivity contribution in [3.05, 3.63) is 59.0 Å². The van der Waals surface area contributed by atoms with E-state index < -0.39 is 17.5 Å². The Bertz CT molecular complexity index is 857. The molecule has 6 nitrogen and oxygen atoms in total. The van der Waals surface area contributed by atoms with Gasteiger partial charge < -0.3 is 9.73 Å². The molecule has 1 aromatic carbocycles. The van der Waals surface area contributed by atoms with Crippen molar-refractivity contribution in [2.24, 2.45) is 0 Å². The van der Waals surface area contributed by atoms with Crippen LogP contribution in [0.4, 0.5) is 4.79 Å². The fraction of sp³-hybridized carbons (Fsp3) is 0.350. The first-order valence-electron chi connectivity index (χ1n) is 8.73. The molecule has 1 aliphatic heterocycles. The molecule has 1 fully saturated rings. The van der Waals surface area contributed by atoms with E-state index >= 15 is 0 Å². The van der Waals surface area contributed by atoms with E-state index in [9.17, 15) is 14.4 Å². The number of rotatable bonds is 6. The van der Waals surface area contributed by atoms with Crippen LogP contribution in [0.3, 0.4) is 0 Å². The summed E-state index contributed by atoms with van der Waals surface area (Å²) in [4.78, 5) is 39.0. The lowest BCUT2D eigenvalue weighted by atomic mass is 9.96. The van der Waals surface area contributed by atoms with Gasteiger partial charge in [0.05, 0.1) is 12.8 Å². The van der Waals surface area contributed by atoms with Gasteiger partial charge in [-0.2, -0.15) is 0 Å². The van der Waals surface area contributed by atoms with Crippen LogP contribution in [-0.4, -0.2) is 29.2 Å². The van der Waals surface area contributed by atoms with Gasteiger partial charge in [0.1, 0.15) is 5.76 Å². The number of imide groups is 1. The van der Waals surface area contributed by atoms with Gasteiger partial charge in [-0.3, -0.25) is 14.5 Å². The number of carbonyl (C=O) groups excluding carboxylic acids is 3. The summed E-state index contributed by atoms with van der Waals surface area (Å²) < 4.78 is 5.30. The summed E-state index contributed by atoms with van der Waals surface area (Å²) in [5.41, 5.74) is 1.23. The zero-order valence-corrected chi connectivity index (χ0v) is 15.2. The van der Waals surface area contributed by atoms with Gasteiger partial charge in [0, 0.05) is 5.56 Å². The summed E-state index contributed by atoms with van der Waals surface area (Å²) >= 11 is 0. The summed E-state index contributed by atoms with van der Waals surface area (Å²) in [6, 6.07) is 8.47. The summed E-state index contributed by atoms with van der Waals surface area (Å²) in [5.74, 6) is -0.395. The predicted molar refractivity (Wildman–Crippen MR) is 95.8 cm³/mol. The maximum absolute atomic E-state index is 12.8. The van der Waals surface area contributed by atoms with E-state index in [1.165, 1.54) is 6.26 Å². The third kappa shape index (κ3) is 2.92. The molecule has 6 heteroatoms. The Morgan fingerprint density at radius 1 is 1.19 bits per heavy atom. The molecule has 1 aliphatic rings. The average molecular weight is 354 g/mol. The van der Waals surface area contributed by atoms with E-state index in [1.807, 2.05) is 32.0 Å². The minimum absolute atomic E-state index is 0.246. The van der Waals surface area contributed by atoms with Gasteiger partial charge >= 0.3 is 6.03 Å². The molecule has 3 amide bonds. The largest absolute Gasteiger partial charge is 0.466 e. The van der Waals surface area contributed by atoms with E-state index in [1.54, 1.807) is 19.1 Å². The quantitative estimate of drug-likeness (QED) is 0.639. The number of hydrogen-bond acceptors (Lipinski definition) is 4. The Kier molecular flexibility index (Phi) is 4.68. The zero-order chi connectivity index (χ0) is 18.9. The van der Waals surface area contributed by atoms with Crippen LogP contribution >= 0.6 is 0 Å². The molecular formula is C20H22N2O4. The number of Topliss-reactive ketones (excluding diaryl/α,β-unsaturated/α-hetero) is 1. The molecule has 0 spiro atoms. The van der Waals surface area contributed by atoms with Gasteiger partial charge in [0.25, 0.3) is 5.91 Å². The average Bonchev–Trinajstić information content (AvgIpc) is 3.25. The van der Waals surface area contributed by atoms with Gasteiger partial charge in [-0.15, -0.1) is 0 Å². The highest BCUT2D eigenvalue weighted by Crippen LogP contribution is 2.29. The number of ketones is 1. The van der Waals surface area contributed by atoms with Crippen LogP contribution in [0, 0.1) is 0 Å². The summed E-state index contributed by atoms with van der Waals surface area (Å²) in [6.45, 7) is 5.27. The number of aryl methyl sites for hydroxylation is 2. The molecule has 26 heavy (non-hydrogen) atoms. The number of nitrogens with one attached hydrogen (secondary N) is 1. The third-order valence-electron chi connectivity index (χ3n) is 4.85. The Hall–Kier alpha value is -2.89. The van der Waals surface area contributed by atoms with Crippen molar-refractivity contribution >= 4 is 17.7 Å². The SMILES string of the molecule is CCc1ccc(CC)c(C(=O)CN2C(=O)NC(C)(c3ccco3)C2=O)c1. The number of urea groups is 1. The summed E-state index contributed by atoms with van der Waals surface area (Å²) in [6.07, 6.45) is 2.96. The molecule has 1 aromatic heterocycles.